The van der Waals surface area contributed by atoms with Crippen molar-refractivity contribution in [1.82, 2.24) is 14.9 Å². The van der Waals surface area contributed by atoms with Gasteiger partial charge in [0.25, 0.3) is 5.91 Å². The number of amides is 2. The lowest BCUT2D eigenvalue weighted by atomic mass is 9.93. The number of carbonyl (C=O) groups is 2. The molecule has 0 aliphatic carbocycles. The van der Waals surface area contributed by atoms with Gasteiger partial charge >= 0.3 is 6.09 Å². The van der Waals surface area contributed by atoms with Crippen molar-refractivity contribution in [2.24, 2.45) is 0 Å². The molecule has 11 heteroatoms. The van der Waals surface area contributed by atoms with Crippen molar-refractivity contribution in [3.63, 3.8) is 0 Å². The van der Waals surface area contributed by atoms with Gasteiger partial charge in [-0.3, -0.25) is 15.0 Å². The fourth-order valence-corrected chi connectivity index (χ4v) is 5.82. The summed E-state index contributed by atoms with van der Waals surface area (Å²) in [6.07, 6.45) is 3.83. The molecule has 2 amide bonds. The standard InChI is InChI=1S/C30H29ClFN5O4/c31-22-10-6-11-25(26(22)32)37-27(38)20-8-2-3-9-21(20)30(37,40)19-12-13-23-24(18-19)34-28(33-23)35-29(39)41-17-7-16-36-14-4-1-5-15-36/h2-3,6,8-13,18,40H,1,4-5,7,14-17H2,(H2,33,34,35,39). The maximum Gasteiger partial charge on any atom is 0.413 e. The van der Waals surface area contributed by atoms with Crippen LogP contribution >= 0.6 is 11.6 Å². The molecule has 6 rings (SSSR count). The third-order valence-corrected chi connectivity index (χ3v) is 7.93. The number of piperidine rings is 1. The molecule has 0 radical (unpaired) electrons. The van der Waals surface area contributed by atoms with Crippen molar-refractivity contribution >= 4 is 46.3 Å². The summed E-state index contributed by atoms with van der Waals surface area (Å²) in [5.74, 6) is -1.22. The second-order valence-corrected chi connectivity index (χ2v) is 10.7. The largest absolute Gasteiger partial charge is 0.449 e. The minimum absolute atomic E-state index is 0.159. The number of halogens is 2. The average molecular weight is 578 g/mol. The first-order chi connectivity index (χ1) is 19.9. The number of rotatable bonds is 7. The number of nitrogens with one attached hydrogen (secondary N) is 2. The SMILES string of the molecule is O=C(Nc1nc2cc(C3(O)c4ccccc4C(=O)N3c3cccc(Cl)c3F)ccc2[nH]1)OCCCN1CCCCC1. The highest BCUT2D eigenvalue weighted by Gasteiger charge is 2.51. The van der Waals surface area contributed by atoms with Crippen molar-refractivity contribution in [1.29, 1.82) is 0 Å². The Morgan fingerprint density at radius 1 is 1.12 bits per heavy atom. The molecule has 3 heterocycles. The van der Waals surface area contributed by atoms with Crippen LogP contribution in [0.1, 0.15) is 47.2 Å². The van der Waals surface area contributed by atoms with Gasteiger partial charge in [0.2, 0.25) is 5.95 Å². The number of aromatic amines is 1. The Labute approximate surface area is 240 Å². The van der Waals surface area contributed by atoms with E-state index >= 15 is 4.39 Å². The second kappa shape index (κ2) is 11.1. The van der Waals surface area contributed by atoms with E-state index in [0.717, 1.165) is 31.0 Å². The van der Waals surface area contributed by atoms with Crippen molar-refractivity contribution in [3.05, 3.63) is 88.2 Å². The van der Waals surface area contributed by atoms with Crippen LogP contribution in [0.25, 0.3) is 11.0 Å². The molecule has 2 aliphatic rings. The molecule has 3 N–H and O–H groups in total. The van der Waals surface area contributed by atoms with Crippen LogP contribution in [0.3, 0.4) is 0 Å². The normalized spacial score (nSPS) is 19.0. The first-order valence-corrected chi connectivity index (χ1v) is 14.0. The summed E-state index contributed by atoms with van der Waals surface area (Å²) in [4.78, 5) is 36.7. The van der Waals surface area contributed by atoms with Crippen LogP contribution in [0.15, 0.2) is 60.7 Å². The highest BCUT2D eigenvalue weighted by atomic mass is 35.5. The number of likely N-dealkylation sites (tertiary alicyclic amines) is 1. The van der Waals surface area contributed by atoms with E-state index < -0.39 is 23.5 Å². The molecular formula is C30H29ClFN5O4. The first-order valence-electron chi connectivity index (χ1n) is 13.6. The van der Waals surface area contributed by atoms with Gasteiger partial charge in [0.1, 0.15) is 0 Å². The monoisotopic (exact) mass is 577 g/mol. The molecule has 1 saturated heterocycles. The average Bonchev–Trinajstić information content (AvgIpc) is 3.49. The van der Waals surface area contributed by atoms with Crippen LogP contribution in [-0.2, 0) is 10.5 Å². The summed E-state index contributed by atoms with van der Waals surface area (Å²) in [6.45, 7) is 3.37. The summed E-state index contributed by atoms with van der Waals surface area (Å²) < 4.78 is 20.5. The van der Waals surface area contributed by atoms with Crippen LogP contribution in [0.2, 0.25) is 5.02 Å². The third kappa shape index (κ3) is 5.03. The Hall–Kier alpha value is -3.99. The Morgan fingerprint density at radius 2 is 1.93 bits per heavy atom. The maximum atomic E-state index is 15.2. The van der Waals surface area contributed by atoms with Crippen LogP contribution in [0.4, 0.5) is 20.8 Å². The van der Waals surface area contributed by atoms with Crippen LogP contribution in [0, 0.1) is 5.82 Å². The molecule has 0 saturated carbocycles. The highest BCUT2D eigenvalue weighted by molar-refractivity contribution is 6.31. The number of anilines is 2. The smallest absolute Gasteiger partial charge is 0.413 e. The molecule has 0 bridgehead atoms. The van der Waals surface area contributed by atoms with Gasteiger partial charge < -0.3 is 19.7 Å². The minimum atomic E-state index is -2.05. The molecule has 1 aromatic heterocycles. The molecule has 2 aliphatic heterocycles. The van der Waals surface area contributed by atoms with Gasteiger partial charge in [-0.2, -0.15) is 0 Å². The molecule has 212 valence electrons. The fraction of sp³-hybridized carbons (Fsp3) is 0.300. The Morgan fingerprint density at radius 3 is 2.76 bits per heavy atom. The summed E-state index contributed by atoms with van der Waals surface area (Å²) in [7, 11) is 0. The number of H-pyrrole nitrogens is 1. The zero-order chi connectivity index (χ0) is 28.6. The molecule has 3 aromatic carbocycles. The van der Waals surface area contributed by atoms with Gasteiger partial charge in [-0.15, -0.1) is 0 Å². The zero-order valence-electron chi connectivity index (χ0n) is 22.2. The van der Waals surface area contributed by atoms with Crippen molar-refractivity contribution in [2.45, 2.75) is 31.4 Å². The Kier molecular flexibility index (Phi) is 7.37. The highest BCUT2D eigenvalue weighted by Crippen LogP contribution is 2.46. The van der Waals surface area contributed by atoms with Gasteiger partial charge in [-0.1, -0.05) is 48.4 Å². The van der Waals surface area contributed by atoms with Gasteiger partial charge in [0.15, 0.2) is 11.5 Å². The Bertz CT molecular complexity index is 1620. The predicted molar refractivity (Wildman–Crippen MR) is 154 cm³/mol. The van der Waals surface area contributed by atoms with Crippen molar-refractivity contribution < 1.29 is 23.8 Å². The summed E-state index contributed by atoms with van der Waals surface area (Å²) >= 11 is 6.03. The van der Waals surface area contributed by atoms with E-state index in [1.54, 1.807) is 42.5 Å². The fourth-order valence-electron chi connectivity index (χ4n) is 5.65. The molecule has 1 atom stereocenters. The number of ether oxygens (including phenoxy) is 1. The van der Waals surface area contributed by atoms with E-state index in [4.69, 9.17) is 16.3 Å². The molecule has 1 fully saturated rings. The molecule has 0 spiro atoms. The van der Waals surface area contributed by atoms with Gasteiger partial charge in [-0.05, 0) is 62.7 Å². The number of benzene rings is 3. The number of hydrogen-bond acceptors (Lipinski definition) is 6. The quantitative estimate of drug-likeness (QED) is 0.245. The summed E-state index contributed by atoms with van der Waals surface area (Å²) in [5.41, 5.74) is -0.398. The third-order valence-electron chi connectivity index (χ3n) is 7.64. The lowest BCUT2D eigenvalue weighted by molar-refractivity contribution is 0.0699. The number of nitrogens with zero attached hydrogens (tertiary/aromatic N) is 3. The lowest BCUT2D eigenvalue weighted by Crippen LogP contribution is -2.45. The number of imidazole rings is 1. The number of aromatic nitrogens is 2. The summed E-state index contributed by atoms with van der Waals surface area (Å²) in [6, 6.07) is 15.7. The number of fused-ring (bicyclic) bond motifs is 2. The van der Waals surface area contributed by atoms with Crippen molar-refractivity contribution in [2.75, 3.05) is 36.5 Å². The van der Waals surface area contributed by atoms with Crippen LogP contribution in [-0.4, -0.2) is 58.2 Å². The lowest BCUT2D eigenvalue weighted by Gasteiger charge is -2.35. The van der Waals surface area contributed by atoms with E-state index in [1.807, 2.05) is 0 Å². The Balaban J connectivity index is 1.24. The van der Waals surface area contributed by atoms with Crippen LogP contribution < -0.4 is 10.2 Å². The van der Waals surface area contributed by atoms with Gasteiger partial charge in [0, 0.05) is 23.2 Å². The number of carbonyl (C=O) groups excluding carboxylic acids is 2. The van der Waals surface area contributed by atoms with E-state index in [2.05, 4.69) is 20.2 Å². The molecule has 4 aromatic rings. The van der Waals surface area contributed by atoms with Gasteiger partial charge in [-0.25, -0.2) is 14.2 Å². The van der Waals surface area contributed by atoms with Crippen molar-refractivity contribution in [3.8, 4) is 0 Å². The van der Waals surface area contributed by atoms with Crippen LogP contribution in [0.5, 0.6) is 0 Å². The first kappa shape index (κ1) is 27.2. The molecule has 1 unspecified atom stereocenters. The predicted octanol–water partition coefficient (Wildman–Crippen LogP) is 5.63. The van der Waals surface area contributed by atoms with E-state index in [0.29, 0.717) is 23.2 Å². The molecular weight excluding hydrogens is 549 g/mol. The topological polar surface area (TPSA) is 111 Å². The number of aliphatic hydroxyl groups is 1. The number of hydrogen-bond donors (Lipinski definition) is 3. The van der Waals surface area contributed by atoms with E-state index in [-0.39, 0.29) is 27.8 Å². The van der Waals surface area contributed by atoms with E-state index in [9.17, 15) is 14.7 Å². The second-order valence-electron chi connectivity index (χ2n) is 10.3. The van der Waals surface area contributed by atoms with Gasteiger partial charge in [0.05, 0.1) is 28.4 Å². The molecule has 9 nitrogen and oxygen atoms in total. The molecule has 41 heavy (non-hydrogen) atoms. The van der Waals surface area contributed by atoms with E-state index in [1.165, 1.54) is 37.5 Å². The minimum Gasteiger partial charge on any atom is -0.449 e. The maximum absolute atomic E-state index is 15.2. The zero-order valence-corrected chi connectivity index (χ0v) is 23.0. The summed E-state index contributed by atoms with van der Waals surface area (Å²) in [5, 5.41) is 14.6.